The van der Waals surface area contributed by atoms with E-state index >= 15 is 0 Å². The predicted molar refractivity (Wildman–Crippen MR) is 54.7 cm³/mol. The minimum Gasteiger partial charge on any atom is -0.390 e. The van der Waals surface area contributed by atoms with Gasteiger partial charge in [0.25, 0.3) is 0 Å². The molecule has 3 N–H and O–H groups in total. The van der Waals surface area contributed by atoms with E-state index in [9.17, 15) is 9.90 Å². The molecule has 0 aromatic carbocycles. The number of piperidine rings is 1. The second kappa shape index (κ2) is 4.28. The van der Waals surface area contributed by atoms with Crippen molar-refractivity contribution in [1.82, 2.24) is 4.90 Å². The van der Waals surface area contributed by atoms with Gasteiger partial charge in [-0.2, -0.15) is 0 Å². The summed E-state index contributed by atoms with van der Waals surface area (Å²) in [5.74, 6) is 0.107. The summed E-state index contributed by atoms with van der Waals surface area (Å²) in [6.07, 6.45) is 1.73. The molecule has 1 rings (SSSR count). The first kappa shape index (κ1) is 11.5. The van der Waals surface area contributed by atoms with E-state index in [1.165, 1.54) is 0 Å². The number of nitrogens with two attached hydrogens (primary N) is 1. The molecule has 1 unspecified atom stereocenters. The lowest BCUT2D eigenvalue weighted by Crippen LogP contribution is -2.46. The highest BCUT2D eigenvalue weighted by Gasteiger charge is 2.29. The molecule has 1 aliphatic heterocycles. The van der Waals surface area contributed by atoms with E-state index in [1.807, 2.05) is 13.8 Å². The van der Waals surface area contributed by atoms with Crippen LogP contribution in [0.3, 0.4) is 0 Å². The van der Waals surface area contributed by atoms with Crippen molar-refractivity contribution in [3.8, 4) is 0 Å². The maximum atomic E-state index is 11.6. The monoisotopic (exact) mass is 200 g/mol. The lowest BCUT2D eigenvalue weighted by Gasteiger charge is -2.36. The van der Waals surface area contributed by atoms with Crippen molar-refractivity contribution in [2.24, 2.45) is 5.73 Å². The largest absolute Gasteiger partial charge is 0.390 e. The summed E-state index contributed by atoms with van der Waals surface area (Å²) in [7, 11) is 0. The quantitative estimate of drug-likeness (QED) is 0.664. The van der Waals surface area contributed by atoms with Crippen molar-refractivity contribution in [2.45, 2.75) is 44.8 Å². The van der Waals surface area contributed by atoms with Gasteiger partial charge in [0.15, 0.2) is 0 Å². The number of carbonyl (C=O) groups excluding carboxylic acids is 1. The predicted octanol–water partition coefficient (Wildman–Crippen LogP) is 0.0971. The van der Waals surface area contributed by atoms with Crippen molar-refractivity contribution in [2.75, 3.05) is 13.1 Å². The van der Waals surface area contributed by atoms with Crippen LogP contribution in [-0.2, 0) is 4.79 Å². The van der Waals surface area contributed by atoms with E-state index in [2.05, 4.69) is 0 Å². The minimum atomic E-state index is -0.592. The Balaban J connectivity index is 2.38. The zero-order valence-electron chi connectivity index (χ0n) is 8.99. The first-order chi connectivity index (χ1) is 6.41. The maximum absolute atomic E-state index is 11.6. The second-order valence-electron chi connectivity index (χ2n) is 4.56. The molecule has 1 aliphatic rings. The third-order valence-corrected chi connectivity index (χ3v) is 2.69. The van der Waals surface area contributed by atoms with Gasteiger partial charge in [0.1, 0.15) is 0 Å². The summed E-state index contributed by atoms with van der Waals surface area (Å²) in [6, 6.07) is -0.0788. The van der Waals surface area contributed by atoms with Crippen molar-refractivity contribution in [3.05, 3.63) is 0 Å². The molecular weight excluding hydrogens is 180 g/mol. The van der Waals surface area contributed by atoms with E-state index in [4.69, 9.17) is 5.73 Å². The molecule has 82 valence electrons. The Hall–Kier alpha value is -0.610. The first-order valence-corrected chi connectivity index (χ1v) is 5.16. The molecule has 1 heterocycles. The van der Waals surface area contributed by atoms with Gasteiger partial charge in [0, 0.05) is 25.6 Å². The molecule has 4 nitrogen and oxygen atoms in total. The Labute approximate surface area is 85.1 Å². The number of carbonyl (C=O) groups is 1. The summed E-state index contributed by atoms with van der Waals surface area (Å²) in [5.41, 5.74) is 4.96. The third kappa shape index (κ3) is 3.27. The molecule has 4 heteroatoms. The Morgan fingerprint density at radius 3 is 2.50 bits per heavy atom. The van der Waals surface area contributed by atoms with E-state index in [1.54, 1.807) is 4.90 Å². The highest BCUT2D eigenvalue weighted by Crippen LogP contribution is 2.21. The number of aliphatic hydroxyl groups is 1. The molecule has 1 amide bonds. The van der Waals surface area contributed by atoms with Crippen LogP contribution < -0.4 is 5.73 Å². The van der Waals surface area contributed by atoms with Crippen LogP contribution in [0.5, 0.6) is 0 Å². The number of amides is 1. The van der Waals surface area contributed by atoms with E-state index in [-0.39, 0.29) is 11.9 Å². The van der Waals surface area contributed by atoms with Crippen molar-refractivity contribution in [3.63, 3.8) is 0 Å². The first-order valence-electron chi connectivity index (χ1n) is 5.16. The zero-order valence-corrected chi connectivity index (χ0v) is 8.99. The maximum Gasteiger partial charge on any atom is 0.224 e. The van der Waals surface area contributed by atoms with E-state index in [0.717, 1.165) is 0 Å². The number of hydrogen-bond donors (Lipinski definition) is 2. The van der Waals surface area contributed by atoms with Gasteiger partial charge in [-0.25, -0.2) is 0 Å². The van der Waals surface area contributed by atoms with Gasteiger partial charge in [-0.1, -0.05) is 0 Å². The smallest absolute Gasteiger partial charge is 0.224 e. The number of hydrogen-bond acceptors (Lipinski definition) is 3. The fourth-order valence-electron chi connectivity index (χ4n) is 1.64. The lowest BCUT2D eigenvalue weighted by molar-refractivity contribution is -0.135. The van der Waals surface area contributed by atoms with Gasteiger partial charge in [0.05, 0.1) is 5.60 Å². The Morgan fingerprint density at radius 1 is 1.57 bits per heavy atom. The van der Waals surface area contributed by atoms with E-state index < -0.39 is 5.60 Å². The summed E-state index contributed by atoms with van der Waals surface area (Å²) < 4.78 is 0. The Morgan fingerprint density at radius 2 is 2.07 bits per heavy atom. The molecular formula is C10H20N2O2. The van der Waals surface area contributed by atoms with Crippen LogP contribution in [0, 0.1) is 0 Å². The van der Waals surface area contributed by atoms with Gasteiger partial charge in [-0.15, -0.1) is 0 Å². The summed E-state index contributed by atoms with van der Waals surface area (Å²) in [4.78, 5) is 13.4. The third-order valence-electron chi connectivity index (χ3n) is 2.69. The molecule has 14 heavy (non-hydrogen) atoms. The summed E-state index contributed by atoms with van der Waals surface area (Å²) in [6.45, 7) is 4.95. The number of rotatable bonds is 2. The van der Waals surface area contributed by atoms with Crippen LogP contribution in [0.25, 0.3) is 0 Å². The lowest BCUT2D eigenvalue weighted by atomic mass is 9.93. The van der Waals surface area contributed by atoms with Gasteiger partial charge < -0.3 is 15.7 Å². The van der Waals surface area contributed by atoms with Crippen LogP contribution >= 0.6 is 0 Å². The van der Waals surface area contributed by atoms with Crippen molar-refractivity contribution < 1.29 is 9.90 Å². The van der Waals surface area contributed by atoms with Crippen LogP contribution in [0.15, 0.2) is 0 Å². The molecule has 1 atom stereocenters. The Kier molecular flexibility index (Phi) is 3.50. The molecule has 0 saturated carbocycles. The van der Waals surface area contributed by atoms with Gasteiger partial charge in [-0.05, 0) is 26.7 Å². The van der Waals surface area contributed by atoms with Gasteiger partial charge in [-0.3, -0.25) is 4.79 Å². The molecule has 0 aromatic rings. The standard InChI is InChI=1S/C10H20N2O2/c1-8(11)7-9(13)12-5-3-10(2,14)4-6-12/h8,14H,3-7,11H2,1-2H3. The van der Waals surface area contributed by atoms with Crippen LogP contribution in [0.2, 0.25) is 0 Å². The average molecular weight is 200 g/mol. The molecule has 0 aromatic heterocycles. The SMILES string of the molecule is CC(N)CC(=O)N1CCC(C)(O)CC1. The van der Waals surface area contributed by atoms with Crippen LogP contribution in [0.1, 0.15) is 33.1 Å². The molecule has 1 fully saturated rings. The second-order valence-corrected chi connectivity index (χ2v) is 4.56. The van der Waals surface area contributed by atoms with Gasteiger partial charge in [0.2, 0.25) is 5.91 Å². The molecule has 0 bridgehead atoms. The minimum absolute atomic E-state index is 0.0788. The molecule has 0 radical (unpaired) electrons. The van der Waals surface area contributed by atoms with Crippen LogP contribution in [-0.4, -0.2) is 40.6 Å². The summed E-state index contributed by atoms with van der Waals surface area (Å²) >= 11 is 0. The average Bonchev–Trinajstić information content (AvgIpc) is 2.02. The highest BCUT2D eigenvalue weighted by atomic mass is 16.3. The molecule has 1 saturated heterocycles. The van der Waals surface area contributed by atoms with E-state index in [0.29, 0.717) is 32.4 Å². The fourth-order valence-corrected chi connectivity index (χ4v) is 1.64. The fraction of sp³-hybridized carbons (Fsp3) is 0.900. The summed E-state index contributed by atoms with van der Waals surface area (Å²) in [5, 5.41) is 9.69. The highest BCUT2D eigenvalue weighted by molar-refractivity contribution is 5.76. The number of likely N-dealkylation sites (tertiary alicyclic amines) is 1. The van der Waals surface area contributed by atoms with Crippen LogP contribution in [0.4, 0.5) is 0 Å². The van der Waals surface area contributed by atoms with Crippen molar-refractivity contribution in [1.29, 1.82) is 0 Å². The zero-order chi connectivity index (χ0) is 10.8. The normalized spacial score (nSPS) is 23.3. The molecule has 0 aliphatic carbocycles. The van der Waals surface area contributed by atoms with Gasteiger partial charge >= 0.3 is 0 Å². The molecule has 0 spiro atoms. The topological polar surface area (TPSA) is 66.6 Å². The number of nitrogens with zero attached hydrogens (tertiary/aromatic N) is 1. The van der Waals surface area contributed by atoms with Crippen molar-refractivity contribution >= 4 is 5.91 Å². The Bertz CT molecular complexity index is 204.